The molecule has 2 atom stereocenters. The topological polar surface area (TPSA) is 39.1 Å². The molecule has 0 radical (unpaired) electrons. The Labute approximate surface area is 116 Å². The molecule has 0 aromatic heterocycles. The van der Waals surface area contributed by atoms with Crippen LogP contribution < -0.4 is 10.2 Å². The second-order valence-electron chi connectivity index (χ2n) is 5.68. The van der Waals surface area contributed by atoms with Gasteiger partial charge < -0.3 is 10.2 Å². The number of piperidine rings is 1. The van der Waals surface area contributed by atoms with E-state index in [9.17, 15) is 5.26 Å². The maximum atomic E-state index is 9.40. The normalized spacial score (nSPS) is 23.2. The fraction of sp³-hybridized carbons (Fsp3) is 0.562. The molecular weight excluding hydrogens is 234 g/mol. The Hall–Kier alpha value is -1.53. The van der Waals surface area contributed by atoms with E-state index in [2.05, 4.69) is 42.3 Å². The molecule has 3 heteroatoms. The first-order valence-electron chi connectivity index (χ1n) is 7.10. The van der Waals surface area contributed by atoms with E-state index in [4.69, 9.17) is 0 Å². The minimum absolute atomic E-state index is 0.526. The van der Waals surface area contributed by atoms with Crippen LogP contribution in [-0.4, -0.2) is 19.6 Å². The van der Waals surface area contributed by atoms with Crippen LogP contribution in [-0.2, 0) is 6.54 Å². The summed E-state index contributed by atoms with van der Waals surface area (Å²) in [7, 11) is 1.92. The van der Waals surface area contributed by atoms with E-state index < -0.39 is 0 Å². The van der Waals surface area contributed by atoms with Crippen LogP contribution in [0.15, 0.2) is 18.2 Å². The van der Waals surface area contributed by atoms with Crippen LogP contribution in [0.3, 0.4) is 0 Å². The summed E-state index contributed by atoms with van der Waals surface area (Å²) in [6.07, 6.45) is 2.50. The summed E-state index contributed by atoms with van der Waals surface area (Å²) in [5.74, 6) is 0.708. The minimum atomic E-state index is 0.526. The molecule has 2 unspecified atom stereocenters. The van der Waals surface area contributed by atoms with Gasteiger partial charge in [0.2, 0.25) is 0 Å². The van der Waals surface area contributed by atoms with Crippen molar-refractivity contribution in [2.75, 3.05) is 18.5 Å². The molecule has 0 amide bonds. The Morgan fingerprint density at radius 3 is 2.84 bits per heavy atom. The van der Waals surface area contributed by atoms with Crippen molar-refractivity contribution in [3.63, 3.8) is 0 Å². The Balaban J connectivity index is 2.30. The third-order valence-electron chi connectivity index (χ3n) is 3.99. The highest BCUT2D eigenvalue weighted by molar-refractivity contribution is 5.61. The van der Waals surface area contributed by atoms with E-state index in [1.54, 1.807) is 0 Å². The van der Waals surface area contributed by atoms with Crippen LogP contribution in [0.1, 0.15) is 37.8 Å². The van der Waals surface area contributed by atoms with Crippen LogP contribution in [0.25, 0.3) is 0 Å². The minimum Gasteiger partial charge on any atom is -0.367 e. The Kier molecular flexibility index (Phi) is 4.44. The number of rotatable bonds is 3. The fourth-order valence-electron chi connectivity index (χ4n) is 2.86. The lowest BCUT2D eigenvalue weighted by Crippen LogP contribution is -2.41. The fourth-order valence-corrected chi connectivity index (χ4v) is 2.86. The monoisotopic (exact) mass is 257 g/mol. The summed E-state index contributed by atoms with van der Waals surface area (Å²) in [6.45, 7) is 6.41. The third-order valence-corrected chi connectivity index (χ3v) is 3.99. The van der Waals surface area contributed by atoms with Crippen molar-refractivity contribution in [2.24, 2.45) is 5.92 Å². The molecule has 1 fully saturated rings. The van der Waals surface area contributed by atoms with Crippen LogP contribution in [0.5, 0.6) is 0 Å². The lowest BCUT2D eigenvalue weighted by Gasteiger charge is -2.39. The van der Waals surface area contributed by atoms with Gasteiger partial charge in [-0.25, -0.2) is 0 Å². The number of nitrogens with one attached hydrogen (secondary N) is 1. The average Bonchev–Trinajstić information content (AvgIpc) is 2.42. The van der Waals surface area contributed by atoms with Crippen LogP contribution in [0.2, 0.25) is 0 Å². The molecule has 102 valence electrons. The molecule has 19 heavy (non-hydrogen) atoms. The number of nitrogens with zero attached hydrogens (tertiary/aromatic N) is 2. The molecule has 0 saturated carbocycles. The van der Waals surface area contributed by atoms with E-state index in [-0.39, 0.29) is 0 Å². The smallest absolute Gasteiger partial charge is 0.101 e. The van der Waals surface area contributed by atoms with Crippen LogP contribution in [0, 0.1) is 17.2 Å². The van der Waals surface area contributed by atoms with Gasteiger partial charge in [0.15, 0.2) is 0 Å². The molecular formula is C16H23N3. The second kappa shape index (κ2) is 6.08. The predicted molar refractivity (Wildman–Crippen MR) is 79.1 cm³/mol. The van der Waals surface area contributed by atoms with Gasteiger partial charge in [0.05, 0.1) is 11.3 Å². The predicted octanol–water partition coefficient (Wildman–Crippen LogP) is 2.90. The molecule has 1 N–H and O–H groups in total. The summed E-state index contributed by atoms with van der Waals surface area (Å²) < 4.78 is 0. The van der Waals surface area contributed by atoms with Crippen molar-refractivity contribution < 1.29 is 0 Å². The number of benzene rings is 1. The summed E-state index contributed by atoms with van der Waals surface area (Å²) >= 11 is 0. The van der Waals surface area contributed by atoms with Gasteiger partial charge in [-0.1, -0.05) is 13.0 Å². The van der Waals surface area contributed by atoms with E-state index in [0.717, 1.165) is 24.3 Å². The molecule has 1 aliphatic rings. The van der Waals surface area contributed by atoms with Crippen molar-refractivity contribution in [1.82, 2.24) is 5.32 Å². The van der Waals surface area contributed by atoms with Gasteiger partial charge in [0, 0.05) is 19.1 Å². The molecule has 0 aliphatic carbocycles. The van der Waals surface area contributed by atoms with Crippen LogP contribution in [0.4, 0.5) is 5.69 Å². The van der Waals surface area contributed by atoms with Crippen molar-refractivity contribution >= 4 is 5.69 Å². The van der Waals surface area contributed by atoms with Gasteiger partial charge in [-0.05, 0) is 50.4 Å². The Morgan fingerprint density at radius 2 is 2.16 bits per heavy atom. The standard InChI is InChI=1S/C16H23N3/c1-12-4-5-13(2)19(11-12)16-7-6-14(10-18-3)8-15(16)9-17/h6-8,12-13,18H,4-5,10-11H2,1-3H3. The first-order valence-corrected chi connectivity index (χ1v) is 7.10. The molecule has 1 aromatic rings. The summed E-state index contributed by atoms with van der Waals surface area (Å²) in [5, 5.41) is 12.5. The lowest BCUT2D eigenvalue weighted by atomic mass is 9.93. The van der Waals surface area contributed by atoms with E-state index in [1.807, 2.05) is 13.1 Å². The van der Waals surface area contributed by atoms with Crippen molar-refractivity contribution in [2.45, 2.75) is 39.3 Å². The van der Waals surface area contributed by atoms with E-state index in [0.29, 0.717) is 12.0 Å². The van der Waals surface area contributed by atoms with Gasteiger partial charge in [-0.2, -0.15) is 5.26 Å². The summed E-state index contributed by atoms with van der Waals surface area (Å²) in [5.41, 5.74) is 3.07. The molecule has 1 aliphatic heterocycles. The quantitative estimate of drug-likeness (QED) is 0.905. The SMILES string of the molecule is CNCc1ccc(N2CC(C)CCC2C)c(C#N)c1. The zero-order chi connectivity index (χ0) is 13.8. The molecule has 3 nitrogen and oxygen atoms in total. The van der Waals surface area contributed by atoms with Gasteiger partial charge in [0.25, 0.3) is 0 Å². The maximum absolute atomic E-state index is 9.40. The largest absolute Gasteiger partial charge is 0.367 e. The zero-order valence-electron chi connectivity index (χ0n) is 12.1. The first-order chi connectivity index (χ1) is 9.15. The summed E-state index contributed by atoms with van der Waals surface area (Å²) in [6, 6.07) is 9.13. The molecule has 0 bridgehead atoms. The Morgan fingerprint density at radius 1 is 1.37 bits per heavy atom. The third kappa shape index (κ3) is 3.08. The second-order valence-corrected chi connectivity index (χ2v) is 5.68. The highest BCUT2D eigenvalue weighted by Crippen LogP contribution is 2.30. The number of hydrogen-bond acceptors (Lipinski definition) is 3. The number of hydrogen-bond donors (Lipinski definition) is 1. The van der Waals surface area contributed by atoms with E-state index in [1.165, 1.54) is 18.4 Å². The molecule has 0 spiro atoms. The highest BCUT2D eigenvalue weighted by Gasteiger charge is 2.24. The molecule has 1 heterocycles. The van der Waals surface area contributed by atoms with Gasteiger partial charge >= 0.3 is 0 Å². The molecule has 2 rings (SSSR count). The molecule has 1 aromatic carbocycles. The van der Waals surface area contributed by atoms with Gasteiger partial charge in [0.1, 0.15) is 6.07 Å². The Bertz CT molecular complexity index is 475. The van der Waals surface area contributed by atoms with Crippen molar-refractivity contribution in [3.05, 3.63) is 29.3 Å². The maximum Gasteiger partial charge on any atom is 0.101 e. The lowest BCUT2D eigenvalue weighted by molar-refractivity contribution is 0.390. The van der Waals surface area contributed by atoms with Gasteiger partial charge in [-0.3, -0.25) is 0 Å². The zero-order valence-corrected chi connectivity index (χ0v) is 12.1. The van der Waals surface area contributed by atoms with Crippen molar-refractivity contribution in [1.29, 1.82) is 5.26 Å². The van der Waals surface area contributed by atoms with Crippen molar-refractivity contribution in [3.8, 4) is 6.07 Å². The van der Waals surface area contributed by atoms with Crippen LogP contribution >= 0.6 is 0 Å². The number of anilines is 1. The highest BCUT2D eigenvalue weighted by atomic mass is 15.2. The summed E-state index contributed by atoms with van der Waals surface area (Å²) in [4.78, 5) is 2.40. The van der Waals surface area contributed by atoms with E-state index >= 15 is 0 Å². The average molecular weight is 257 g/mol. The first kappa shape index (κ1) is 13.9. The molecule has 1 saturated heterocycles. The number of nitriles is 1. The van der Waals surface area contributed by atoms with Gasteiger partial charge in [-0.15, -0.1) is 0 Å².